The number of fused-ring (bicyclic) bond motifs is 1. The second-order valence-corrected chi connectivity index (χ2v) is 5.23. The minimum Gasteiger partial charge on any atom is -0.461 e. The van der Waals surface area contributed by atoms with Crippen molar-refractivity contribution in [1.82, 2.24) is 4.57 Å². The van der Waals surface area contributed by atoms with E-state index in [0.717, 1.165) is 31.1 Å². The minimum absolute atomic E-state index is 0.0137. The van der Waals surface area contributed by atoms with Gasteiger partial charge >= 0.3 is 5.97 Å². The van der Waals surface area contributed by atoms with Gasteiger partial charge in [-0.25, -0.2) is 0 Å². The molecule has 3 rings (SSSR count). The number of hydrogen-bond donors (Lipinski definition) is 0. The number of esters is 1. The van der Waals surface area contributed by atoms with Crippen molar-refractivity contribution >= 4 is 16.7 Å². The number of carbonyl (C=O) groups excluding carboxylic acids is 1. The smallest absolute Gasteiger partial charge is 0.326 e. The summed E-state index contributed by atoms with van der Waals surface area (Å²) in [5.41, 5.74) is -0.147. The van der Waals surface area contributed by atoms with Crippen molar-refractivity contribution in [3.8, 4) is 0 Å². The Morgan fingerprint density at radius 1 is 1.20 bits per heavy atom. The van der Waals surface area contributed by atoms with Crippen molar-refractivity contribution in [2.24, 2.45) is 0 Å². The average Bonchev–Trinajstić information content (AvgIpc) is 2.95. The molecule has 20 heavy (non-hydrogen) atoms. The first-order chi connectivity index (χ1) is 9.74. The van der Waals surface area contributed by atoms with Crippen molar-refractivity contribution in [2.75, 3.05) is 0 Å². The molecule has 4 heteroatoms. The van der Waals surface area contributed by atoms with Gasteiger partial charge in [-0.2, -0.15) is 0 Å². The van der Waals surface area contributed by atoms with E-state index < -0.39 is 0 Å². The summed E-state index contributed by atoms with van der Waals surface area (Å²) in [6.07, 6.45) is 5.82. The largest absolute Gasteiger partial charge is 0.461 e. The molecule has 1 aromatic heterocycles. The number of ether oxygens (including phenoxy) is 1. The fraction of sp³-hybridized carbons (Fsp3) is 0.375. The van der Waals surface area contributed by atoms with Crippen molar-refractivity contribution < 1.29 is 9.53 Å². The maximum Gasteiger partial charge on any atom is 0.326 e. The topological polar surface area (TPSA) is 48.3 Å². The maximum absolute atomic E-state index is 12.3. The number of carbonyl (C=O) groups is 1. The average molecular weight is 271 g/mol. The Morgan fingerprint density at radius 2 is 1.95 bits per heavy atom. The molecule has 2 aromatic rings. The Bertz CT molecular complexity index is 683. The van der Waals surface area contributed by atoms with Gasteiger partial charge in [-0.1, -0.05) is 18.2 Å². The number of nitrogens with zero attached hydrogens (tertiary/aromatic N) is 1. The zero-order valence-corrected chi connectivity index (χ0v) is 11.2. The highest BCUT2D eigenvalue weighted by atomic mass is 16.5. The second kappa shape index (κ2) is 5.49. The quantitative estimate of drug-likeness (QED) is 0.806. The monoisotopic (exact) mass is 271 g/mol. The van der Waals surface area contributed by atoms with Crippen molar-refractivity contribution in [2.45, 2.75) is 38.3 Å². The van der Waals surface area contributed by atoms with E-state index >= 15 is 0 Å². The summed E-state index contributed by atoms with van der Waals surface area (Å²) >= 11 is 0. The van der Waals surface area contributed by atoms with Crippen LogP contribution in [0.1, 0.15) is 25.7 Å². The molecule has 0 bridgehead atoms. The van der Waals surface area contributed by atoms with E-state index in [9.17, 15) is 9.59 Å². The first-order valence-corrected chi connectivity index (χ1v) is 7.02. The molecule has 1 aliphatic carbocycles. The van der Waals surface area contributed by atoms with Crippen molar-refractivity contribution in [3.63, 3.8) is 0 Å². The van der Waals surface area contributed by atoms with E-state index in [2.05, 4.69) is 0 Å². The summed E-state index contributed by atoms with van der Waals surface area (Å²) in [4.78, 5) is 24.1. The van der Waals surface area contributed by atoms with Crippen LogP contribution in [0.3, 0.4) is 0 Å². The van der Waals surface area contributed by atoms with E-state index in [1.807, 2.05) is 24.3 Å². The number of aromatic nitrogens is 1. The Morgan fingerprint density at radius 3 is 2.75 bits per heavy atom. The molecule has 1 aliphatic rings. The van der Waals surface area contributed by atoms with Crippen molar-refractivity contribution in [1.29, 1.82) is 0 Å². The van der Waals surface area contributed by atoms with Crippen LogP contribution in [0.5, 0.6) is 0 Å². The SMILES string of the molecule is O=C(Cn1ccc2ccccc2c1=O)OC1CCCC1. The zero-order valence-electron chi connectivity index (χ0n) is 11.2. The third-order valence-electron chi connectivity index (χ3n) is 3.79. The Kier molecular flexibility index (Phi) is 3.54. The summed E-state index contributed by atoms with van der Waals surface area (Å²) in [7, 11) is 0. The highest BCUT2D eigenvalue weighted by molar-refractivity contribution is 5.81. The Balaban J connectivity index is 1.78. The van der Waals surface area contributed by atoms with Gasteiger partial charge in [0.25, 0.3) is 5.56 Å². The van der Waals surface area contributed by atoms with Gasteiger partial charge in [0.15, 0.2) is 0 Å². The highest BCUT2D eigenvalue weighted by Crippen LogP contribution is 2.21. The van der Waals surface area contributed by atoms with Crippen LogP contribution in [0.15, 0.2) is 41.3 Å². The lowest BCUT2D eigenvalue weighted by Crippen LogP contribution is -2.26. The molecule has 1 saturated carbocycles. The minimum atomic E-state index is -0.325. The summed E-state index contributed by atoms with van der Waals surface area (Å²) in [5.74, 6) is -0.325. The van der Waals surface area contributed by atoms with E-state index in [-0.39, 0.29) is 24.2 Å². The molecule has 104 valence electrons. The fourth-order valence-corrected chi connectivity index (χ4v) is 2.72. The van der Waals surface area contributed by atoms with Crippen LogP contribution >= 0.6 is 0 Å². The van der Waals surface area contributed by atoms with Gasteiger partial charge in [0.05, 0.1) is 0 Å². The molecule has 1 heterocycles. The van der Waals surface area contributed by atoms with E-state index in [0.29, 0.717) is 5.39 Å². The van der Waals surface area contributed by atoms with Crippen LogP contribution in [0.2, 0.25) is 0 Å². The van der Waals surface area contributed by atoms with Gasteiger partial charge < -0.3 is 9.30 Å². The number of hydrogen-bond acceptors (Lipinski definition) is 3. The van der Waals surface area contributed by atoms with Gasteiger partial charge in [-0.3, -0.25) is 9.59 Å². The fourth-order valence-electron chi connectivity index (χ4n) is 2.72. The Hall–Kier alpha value is -2.10. The molecule has 1 aromatic carbocycles. The second-order valence-electron chi connectivity index (χ2n) is 5.23. The molecule has 0 aliphatic heterocycles. The molecule has 4 nitrogen and oxygen atoms in total. The highest BCUT2D eigenvalue weighted by Gasteiger charge is 2.19. The molecule has 0 unspecified atom stereocenters. The number of benzene rings is 1. The molecular formula is C16H17NO3. The summed E-state index contributed by atoms with van der Waals surface area (Å²) < 4.78 is 6.80. The van der Waals surface area contributed by atoms with E-state index in [1.165, 1.54) is 4.57 Å². The lowest BCUT2D eigenvalue weighted by Gasteiger charge is -2.12. The Labute approximate surface area is 117 Å². The molecule has 0 amide bonds. The lowest BCUT2D eigenvalue weighted by molar-refractivity contribution is -0.149. The molecule has 0 spiro atoms. The normalized spacial score (nSPS) is 15.6. The molecule has 0 N–H and O–H groups in total. The zero-order chi connectivity index (χ0) is 13.9. The first kappa shape index (κ1) is 12.9. The summed E-state index contributed by atoms with van der Waals surface area (Å²) in [6, 6.07) is 9.22. The van der Waals surface area contributed by atoms with Crippen molar-refractivity contribution in [3.05, 3.63) is 46.9 Å². The standard InChI is InChI=1S/C16H17NO3/c18-15(20-13-6-2-3-7-13)11-17-10-9-12-5-1-4-8-14(12)16(17)19/h1,4-5,8-10,13H,2-3,6-7,11H2. The predicted octanol–water partition coefficient (Wildman–Crippen LogP) is 2.49. The van der Waals surface area contributed by atoms with Gasteiger partial charge in [0.1, 0.15) is 12.6 Å². The van der Waals surface area contributed by atoms with Crippen LogP contribution in [0, 0.1) is 0 Å². The lowest BCUT2D eigenvalue weighted by atomic mass is 10.2. The van der Waals surface area contributed by atoms with Gasteiger partial charge in [-0.15, -0.1) is 0 Å². The molecule has 0 saturated heterocycles. The van der Waals surface area contributed by atoms with Crippen LogP contribution in [-0.2, 0) is 16.1 Å². The van der Waals surface area contributed by atoms with Gasteiger partial charge in [0.2, 0.25) is 0 Å². The first-order valence-electron chi connectivity index (χ1n) is 7.02. The summed E-state index contributed by atoms with van der Waals surface area (Å²) in [6.45, 7) is -0.0137. The van der Waals surface area contributed by atoms with Crippen LogP contribution in [-0.4, -0.2) is 16.6 Å². The molecule has 1 fully saturated rings. The third-order valence-corrected chi connectivity index (χ3v) is 3.79. The number of pyridine rings is 1. The third kappa shape index (κ3) is 2.59. The van der Waals surface area contributed by atoms with E-state index in [1.54, 1.807) is 12.3 Å². The molecular weight excluding hydrogens is 254 g/mol. The van der Waals surface area contributed by atoms with Gasteiger partial charge in [-0.05, 0) is 43.2 Å². The van der Waals surface area contributed by atoms with Crippen LogP contribution in [0.25, 0.3) is 10.8 Å². The predicted molar refractivity (Wildman–Crippen MR) is 76.6 cm³/mol. The maximum atomic E-state index is 12.3. The summed E-state index contributed by atoms with van der Waals surface area (Å²) in [5, 5.41) is 1.52. The molecule has 0 radical (unpaired) electrons. The van der Waals surface area contributed by atoms with Gasteiger partial charge in [0, 0.05) is 11.6 Å². The number of rotatable bonds is 3. The van der Waals surface area contributed by atoms with Crippen LogP contribution < -0.4 is 5.56 Å². The van der Waals surface area contributed by atoms with E-state index in [4.69, 9.17) is 4.74 Å². The van der Waals surface area contributed by atoms with Crippen LogP contribution in [0.4, 0.5) is 0 Å². The molecule has 0 atom stereocenters.